The lowest BCUT2D eigenvalue weighted by atomic mass is 9.84. The Morgan fingerprint density at radius 1 is 0.350 bits per heavy atom. The molecule has 3 rings (SSSR count). The van der Waals surface area contributed by atoms with Crippen molar-refractivity contribution in [1.82, 2.24) is 0 Å². The van der Waals surface area contributed by atoms with E-state index in [0.29, 0.717) is 50.4 Å². The number of carbonyl (C=O) groups is 4. The summed E-state index contributed by atoms with van der Waals surface area (Å²) in [6.45, 7) is 10.2. The van der Waals surface area contributed by atoms with Crippen molar-refractivity contribution < 1.29 is 122 Å². The standard InChI is InChI=1S/C94H175O25P/c1-7-11-15-19-23-25-27-29-30-31-33-35-36-38-48-56-64-77(96)110-69-74(113-79(98)66-58-50-42-40-46-54-62-72(5)60-52-44-21-17-13-9-3)70-112-120(108,109)119-92-90(117-93-87(106)83(102)81(100)75(68-95)114-93)86(105)85(104)89(116-80(99)67-59-51-43-41-47-55-63-73(6)61-53-45-22-18-14-10-4)91(92)118-94-88(107)84(103)82(101)76(115-94)71-111-78(97)65-57-49-39-37-34-32-28-26-24-20-16-12-8-2/h32,34,72-76,81-95,100-107H,7-31,33,35-71H2,1-6H3,(H,108,109)/b34-32-. The zero-order valence-electron chi connectivity index (χ0n) is 75.7. The molecule has 25 nitrogen and oxygen atoms in total. The van der Waals surface area contributed by atoms with Crippen LogP contribution in [0, 0.1) is 11.8 Å². The fourth-order valence-corrected chi connectivity index (χ4v) is 17.4. The van der Waals surface area contributed by atoms with Crippen LogP contribution in [0.1, 0.15) is 420 Å². The highest BCUT2D eigenvalue weighted by molar-refractivity contribution is 7.47. The van der Waals surface area contributed by atoms with Gasteiger partial charge in [-0.15, -0.1) is 0 Å². The SMILES string of the molecule is CCCCCCCC/C=C\CCCCCC(=O)OCC1OC(OC2C(OC(=O)CCCCCCCCC(C)CCCCCCCC)C(O)C(O)C(OC3OC(CO)C(O)C(O)C3O)C2OP(=O)(O)OCC(COC(=O)CCCCCCCCCCCCCCCCCC)OC(=O)CCCCCCCCC(C)CCCCCCCC)C(O)C(O)C1O. The molecule has 0 bridgehead atoms. The van der Waals surface area contributed by atoms with E-state index in [1.165, 1.54) is 193 Å². The second-order valence-corrected chi connectivity index (χ2v) is 36.9. The molecule has 0 aromatic carbocycles. The Hall–Kier alpha value is -2.79. The molecule has 706 valence electrons. The maximum absolute atomic E-state index is 14.9. The van der Waals surface area contributed by atoms with Crippen molar-refractivity contribution in [2.45, 2.75) is 525 Å². The van der Waals surface area contributed by atoms with E-state index in [2.05, 4.69) is 53.7 Å². The molecule has 26 heteroatoms. The number of ether oxygens (including phenoxy) is 8. The number of rotatable bonds is 78. The molecule has 2 heterocycles. The Kier molecular flexibility index (Phi) is 66.1. The van der Waals surface area contributed by atoms with E-state index < -0.39 is 162 Å². The molecule has 10 N–H and O–H groups in total. The van der Waals surface area contributed by atoms with Gasteiger partial charge in [0.1, 0.15) is 92.6 Å². The van der Waals surface area contributed by atoms with Crippen molar-refractivity contribution in [3.05, 3.63) is 12.2 Å². The molecule has 20 unspecified atom stereocenters. The van der Waals surface area contributed by atoms with Crippen LogP contribution in [-0.2, 0) is 70.7 Å². The van der Waals surface area contributed by atoms with E-state index in [1.807, 2.05) is 0 Å². The first-order valence-corrected chi connectivity index (χ1v) is 50.2. The minimum absolute atomic E-state index is 0.00528. The molecule has 3 fully saturated rings. The zero-order valence-corrected chi connectivity index (χ0v) is 76.6. The van der Waals surface area contributed by atoms with E-state index in [4.69, 9.17) is 46.9 Å². The third kappa shape index (κ3) is 51.3. The molecule has 1 aliphatic carbocycles. The molecule has 0 radical (unpaired) electrons. The summed E-state index contributed by atoms with van der Waals surface area (Å²) in [7, 11) is -5.81. The number of esters is 4. The molecule has 0 aromatic heterocycles. The quantitative estimate of drug-likeness (QED) is 0.00889. The van der Waals surface area contributed by atoms with Gasteiger partial charge in [-0.3, -0.25) is 28.2 Å². The van der Waals surface area contributed by atoms with Gasteiger partial charge in [-0.25, -0.2) is 4.57 Å². The summed E-state index contributed by atoms with van der Waals surface area (Å²) >= 11 is 0. The van der Waals surface area contributed by atoms with Gasteiger partial charge >= 0.3 is 31.7 Å². The Balaban J connectivity index is 1.93. The molecule has 0 aromatic rings. The van der Waals surface area contributed by atoms with Gasteiger partial charge in [0, 0.05) is 25.7 Å². The van der Waals surface area contributed by atoms with Crippen molar-refractivity contribution in [2.75, 3.05) is 26.4 Å². The van der Waals surface area contributed by atoms with Gasteiger partial charge in [0.2, 0.25) is 0 Å². The van der Waals surface area contributed by atoms with E-state index in [-0.39, 0.29) is 25.7 Å². The summed E-state index contributed by atoms with van der Waals surface area (Å²) in [4.78, 5) is 66.7. The molecule has 0 amide bonds. The first-order chi connectivity index (χ1) is 58.0. The van der Waals surface area contributed by atoms with Gasteiger partial charge in [0.25, 0.3) is 0 Å². The van der Waals surface area contributed by atoms with Crippen LogP contribution in [-0.4, -0.2) is 205 Å². The second kappa shape index (κ2) is 71.2. The van der Waals surface area contributed by atoms with Gasteiger partial charge < -0.3 is 88.7 Å². The number of phosphoric acid groups is 1. The molecule has 2 aliphatic heterocycles. The Labute approximate surface area is 724 Å². The van der Waals surface area contributed by atoms with Gasteiger partial charge in [-0.1, -0.05) is 355 Å². The predicted octanol–water partition coefficient (Wildman–Crippen LogP) is 18.4. The van der Waals surface area contributed by atoms with Gasteiger partial charge in [-0.05, 0) is 63.2 Å². The van der Waals surface area contributed by atoms with Gasteiger partial charge in [0.15, 0.2) is 24.8 Å². The number of allylic oxidation sites excluding steroid dienone is 2. The second-order valence-electron chi connectivity index (χ2n) is 35.5. The van der Waals surface area contributed by atoms with Crippen LogP contribution >= 0.6 is 7.82 Å². The highest BCUT2D eigenvalue weighted by atomic mass is 31.2. The summed E-state index contributed by atoms with van der Waals surface area (Å²) < 4.78 is 73.6. The normalized spacial score (nSPS) is 25.3. The summed E-state index contributed by atoms with van der Waals surface area (Å²) in [6.07, 6.45) is 27.8. The number of hydrogen-bond acceptors (Lipinski definition) is 24. The molecule has 1 saturated carbocycles. The maximum atomic E-state index is 14.9. The number of aliphatic hydroxyl groups is 9. The zero-order chi connectivity index (χ0) is 87.8. The number of hydrogen-bond donors (Lipinski definition) is 10. The van der Waals surface area contributed by atoms with Gasteiger partial charge in [0.05, 0.1) is 13.2 Å². The largest absolute Gasteiger partial charge is 0.472 e. The predicted molar refractivity (Wildman–Crippen MR) is 467 cm³/mol. The van der Waals surface area contributed by atoms with Crippen LogP contribution in [0.4, 0.5) is 0 Å². The molecule has 3 aliphatic rings. The van der Waals surface area contributed by atoms with Crippen LogP contribution in [0.15, 0.2) is 12.2 Å². The lowest BCUT2D eigenvalue weighted by Gasteiger charge is -2.50. The summed E-state index contributed by atoms with van der Waals surface area (Å²) in [5.74, 6) is -1.67. The molecular formula is C94H175O25P. The summed E-state index contributed by atoms with van der Waals surface area (Å²) in [5.41, 5.74) is 0. The van der Waals surface area contributed by atoms with Crippen molar-refractivity contribution in [3.63, 3.8) is 0 Å². The average Bonchev–Trinajstić information content (AvgIpc) is 0.755. The Morgan fingerprint density at radius 2 is 0.675 bits per heavy atom. The average molecular weight is 1740 g/mol. The molecule has 2 saturated heterocycles. The first kappa shape index (κ1) is 111. The Bertz CT molecular complexity index is 2570. The summed E-state index contributed by atoms with van der Waals surface area (Å²) in [6, 6.07) is 0. The van der Waals surface area contributed by atoms with Gasteiger partial charge in [-0.2, -0.15) is 0 Å². The summed E-state index contributed by atoms with van der Waals surface area (Å²) in [5, 5.41) is 102. The smallest absolute Gasteiger partial charge is 0.463 e. The number of unbranched alkanes of at least 4 members (excludes halogenated alkanes) is 44. The van der Waals surface area contributed by atoms with E-state index in [1.54, 1.807) is 0 Å². The highest BCUT2D eigenvalue weighted by Crippen LogP contribution is 2.49. The topological polar surface area (TPSA) is 380 Å². The van der Waals surface area contributed by atoms with Crippen LogP contribution in [0.2, 0.25) is 0 Å². The molecule has 20 atom stereocenters. The van der Waals surface area contributed by atoms with E-state index >= 15 is 0 Å². The third-order valence-electron chi connectivity index (χ3n) is 24.3. The van der Waals surface area contributed by atoms with E-state index in [0.717, 1.165) is 122 Å². The monoisotopic (exact) mass is 1740 g/mol. The fraction of sp³-hybridized carbons (Fsp3) is 0.936. The molecule has 0 spiro atoms. The lowest BCUT2D eigenvalue weighted by molar-refractivity contribution is -0.360. The van der Waals surface area contributed by atoms with Crippen LogP contribution in [0.5, 0.6) is 0 Å². The number of aliphatic hydroxyl groups excluding tert-OH is 9. The van der Waals surface area contributed by atoms with Crippen LogP contribution in [0.3, 0.4) is 0 Å². The van der Waals surface area contributed by atoms with Crippen molar-refractivity contribution in [2.24, 2.45) is 11.8 Å². The van der Waals surface area contributed by atoms with Crippen molar-refractivity contribution in [3.8, 4) is 0 Å². The number of phosphoric ester groups is 1. The minimum atomic E-state index is -5.81. The van der Waals surface area contributed by atoms with Crippen molar-refractivity contribution in [1.29, 1.82) is 0 Å². The number of carbonyl (C=O) groups excluding carboxylic acids is 4. The van der Waals surface area contributed by atoms with Crippen LogP contribution in [0.25, 0.3) is 0 Å². The van der Waals surface area contributed by atoms with Crippen LogP contribution < -0.4 is 0 Å². The molecule has 120 heavy (non-hydrogen) atoms. The molecular weight excluding hydrogens is 1560 g/mol. The maximum Gasteiger partial charge on any atom is 0.472 e. The third-order valence-corrected chi connectivity index (χ3v) is 25.3. The van der Waals surface area contributed by atoms with E-state index in [9.17, 15) is 74.6 Å². The lowest BCUT2D eigenvalue weighted by Crippen LogP contribution is -2.70. The Morgan fingerprint density at radius 3 is 1.08 bits per heavy atom. The van der Waals surface area contributed by atoms with Crippen molar-refractivity contribution >= 4 is 31.7 Å². The minimum Gasteiger partial charge on any atom is -0.463 e. The fourth-order valence-electron chi connectivity index (χ4n) is 16.4. The first-order valence-electron chi connectivity index (χ1n) is 48.7. The highest BCUT2D eigenvalue weighted by Gasteiger charge is 2.60.